The summed E-state index contributed by atoms with van der Waals surface area (Å²) in [7, 11) is 0. The maximum atomic E-state index is 13.2. The first kappa shape index (κ1) is 12.5. The fourth-order valence-electron chi connectivity index (χ4n) is 1.95. The highest BCUT2D eigenvalue weighted by Crippen LogP contribution is 2.24. The molecule has 2 rings (SSSR count). The fraction of sp³-hybridized carbons (Fsp3) is 0.188. The van der Waals surface area contributed by atoms with Crippen LogP contribution in [-0.2, 0) is 0 Å². The van der Waals surface area contributed by atoms with Crippen LogP contribution in [0.15, 0.2) is 42.5 Å². The SMILES string of the molecule is CCC(=O)c1ccc(-c2cc(F)ccc2C)cc1. The van der Waals surface area contributed by atoms with Crippen molar-refractivity contribution in [3.63, 3.8) is 0 Å². The lowest BCUT2D eigenvalue weighted by Crippen LogP contribution is -1.95. The van der Waals surface area contributed by atoms with Gasteiger partial charge in [0.05, 0.1) is 0 Å². The standard InChI is InChI=1S/C16H15FO/c1-3-16(18)13-7-5-12(6-8-13)15-10-14(17)9-4-11(15)2/h4-10H,3H2,1-2H3. The van der Waals surface area contributed by atoms with Crippen LogP contribution >= 0.6 is 0 Å². The number of benzene rings is 2. The summed E-state index contributed by atoms with van der Waals surface area (Å²) in [6, 6.07) is 12.1. The van der Waals surface area contributed by atoms with Gasteiger partial charge in [-0.3, -0.25) is 4.79 Å². The number of hydrogen-bond acceptors (Lipinski definition) is 1. The average molecular weight is 242 g/mol. The molecular formula is C16H15FO. The lowest BCUT2D eigenvalue weighted by atomic mass is 9.98. The molecule has 0 saturated carbocycles. The van der Waals surface area contributed by atoms with Crippen molar-refractivity contribution in [2.24, 2.45) is 0 Å². The highest BCUT2D eigenvalue weighted by atomic mass is 19.1. The molecule has 0 fully saturated rings. The van der Waals surface area contributed by atoms with Gasteiger partial charge in [0.25, 0.3) is 0 Å². The van der Waals surface area contributed by atoms with Gasteiger partial charge in [0.2, 0.25) is 0 Å². The maximum absolute atomic E-state index is 13.2. The van der Waals surface area contributed by atoms with Crippen LogP contribution in [0.25, 0.3) is 11.1 Å². The van der Waals surface area contributed by atoms with E-state index in [-0.39, 0.29) is 11.6 Å². The fourth-order valence-corrected chi connectivity index (χ4v) is 1.95. The van der Waals surface area contributed by atoms with Crippen LogP contribution in [0.3, 0.4) is 0 Å². The summed E-state index contributed by atoms with van der Waals surface area (Å²) in [4.78, 5) is 11.5. The van der Waals surface area contributed by atoms with Crippen molar-refractivity contribution in [1.82, 2.24) is 0 Å². The van der Waals surface area contributed by atoms with E-state index in [2.05, 4.69) is 0 Å². The van der Waals surface area contributed by atoms with E-state index in [4.69, 9.17) is 0 Å². The number of aryl methyl sites for hydroxylation is 1. The maximum Gasteiger partial charge on any atom is 0.162 e. The van der Waals surface area contributed by atoms with Gasteiger partial charge >= 0.3 is 0 Å². The number of rotatable bonds is 3. The lowest BCUT2D eigenvalue weighted by molar-refractivity contribution is 0.0988. The van der Waals surface area contributed by atoms with E-state index in [0.29, 0.717) is 12.0 Å². The second-order valence-electron chi connectivity index (χ2n) is 4.31. The minimum Gasteiger partial charge on any atom is -0.294 e. The molecule has 0 saturated heterocycles. The van der Waals surface area contributed by atoms with E-state index < -0.39 is 0 Å². The predicted octanol–water partition coefficient (Wildman–Crippen LogP) is 4.39. The molecule has 0 heterocycles. The van der Waals surface area contributed by atoms with E-state index in [1.54, 1.807) is 18.2 Å². The van der Waals surface area contributed by atoms with Gasteiger partial charge in [0, 0.05) is 12.0 Å². The van der Waals surface area contributed by atoms with Crippen LogP contribution in [0.1, 0.15) is 29.3 Å². The topological polar surface area (TPSA) is 17.1 Å². The van der Waals surface area contributed by atoms with Crippen molar-refractivity contribution < 1.29 is 9.18 Å². The van der Waals surface area contributed by atoms with Gasteiger partial charge in [-0.2, -0.15) is 0 Å². The zero-order chi connectivity index (χ0) is 13.1. The summed E-state index contributed by atoms with van der Waals surface area (Å²) in [5.41, 5.74) is 3.52. The summed E-state index contributed by atoms with van der Waals surface area (Å²) >= 11 is 0. The number of hydrogen-bond donors (Lipinski definition) is 0. The van der Waals surface area contributed by atoms with E-state index in [9.17, 15) is 9.18 Å². The Morgan fingerprint density at radius 3 is 2.39 bits per heavy atom. The van der Waals surface area contributed by atoms with Gasteiger partial charge < -0.3 is 0 Å². The third-order valence-electron chi connectivity index (χ3n) is 3.04. The first-order valence-electron chi connectivity index (χ1n) is 6.01. The Morgan fingerprint density at radius 1 is 1.11 bits per heavy atom. The number of carbonyl (C=O) groups excluding carboxylic acids is 1. The molecule has 0 bridgehead atoms. The molecule has 0 aliphatic heterocycles. The molecular weight excluding hydrogens is 227 g/mol. The highest BCUT2D eigenvalue weighted by molar-refractivity contribution is 5.96. The van der Waals surface area contributed by atoms with Crippen molar-refractivity contribution in [3.05, 3.63) is 59.4 Å². The largest absolute Gasteiger partial charge is 0.294 e. The Kier molecular flexibility index (Phi) is 3.56. The molecule has 1 nitrogen and oxygen atoms in total. The molecule has 0 amide bonds. The molecule has 0 aliphatic rings. The van der Waals surface area contributed by atoms with E-state index >= 15 is 0 Å². The van der Waals surface area contributed by atoms with Gasteiger partial charge in [-0.15, -0.1) is 0 Å². The summed E-state index contributed by atoms with van der Waals surface area (Å²) < 4.78 is 13.2. The summed E-state index contributed by atoms with van der Waals surface area (Å²) in [6.45, 7) is 3.78. The minimum atomic E-state index is -0.246. The normalized spacial score (nSPS) is 10.4. The number of carbonyl (C=O) groups is 1. The highest BCUT2D eigenvalue weighted by Gasteiger charge is 2.06. The van der Waals surface area contributed by atoms with Crippen LogP contribution < -0.4 is 0 Å². The van der Waals surface area contributed by atoms with Crippen molar-refractivity contribution in [2.45, 2.75) is 20.3 Å². The molecule has 0 aromatic heterocycles. The number of Topliss-reactive ketones (excluding diaryl/α,β-unsaturated/α-hetero) is 1. The Balaban J connectivity index is 2.40. The molecule has 0 atom stereocenters. The van der Waals surface area contributed by atoms with Crippen LogP contribution in [-0.4, -0.2) is 5.78 Å². The first-order valence-corrected chi connectivity index (χ1v) is 6.01. The van der Waals surface area contributed by atoms with Crippen LogP contribution in [0.4, 0.5) is 4.39 Å². The molecule has 0 unspecified atom stereocenters. The zero-order valence-electron chi connectivity index (χ0n) is 10.5. The van der Waals surface area contributed by atoms with E-state index in [1.165, 1.54) is 12.1 Å². The Morgan fingerprint density at radius 2 is 1.78 bits per heavy atom. The van der Waals surface area contributed by atoms with E-state index in [1.807, 2.05) is 26.0 Å². The summed E-state index contributed by atoms with van der Waals surface area (Å²) in [5.74, 6) is -0.123. The minimum absolute atomic E-state index is 0.123. The van der Waals surface area contributed by atoms with Crippen molar-refractivity contribution in [2.75, 3.05) is 0 Å². The van der Waals surface area contributed by atoms with Crippen LogP contribution in [0, 0.1) is 12.7 Å². The third-order valence-corrected chi connectivity index (χ3v) is 3.04. The quantitative estimate of drug-likeness (QED) is 0.729. The molecule has 2 aromatic rings. The second-order valence-corrected chi connectivity index (χ2v) is 4.31. The number of ketones is 1. The van der Waals surface area contributed by atoms with Crippen molar-refractivity contribution in [1.29, 1.82) is 0 Å². The Hall–Kier alpha value is -1.96. The van der Waals surface area contributed by atoms with Crippen LogP contribution in [0.5, 0.6) is 0 Å². The molecule has 2 aromatic carbocycles. The molecule has 2 heteroatoms. The summed E-state index contributed by atoms with van der Waals surface area (Å²) in [6.07, 6.45) is 0.498. The van der Waals surface area contributed by atoms with Crippen molar-refractivity contribution >= 4 is 5.78 Å². The van der Waals surface area contributed by atoms with Gasteiger partial charge in [0.15, 0.2) is 5.78 Å². The summed E-state index contributed by atoms with van der Waals surface area (Å²) in [5, 5.41) is 0. The monoisotopic (exact) mass is 242 g/mol. The van der Waals surface area contributed by atoms with Gasteiger partial charge in [-0.25, -0.2) is 4.39 Å². The molecule has 0 aliphatic carbocycles. The molecule has 18 heavy (non-hydrogen) atoms. The lowest BCUT2D eigenvalue weighted by Gasteiger charge is -2.07. The van der Waals surface area contributed by atoms with Gasteiger partial charge in [-0.1, -0.05) is 37.3 Å². The predicted molar refractivity (Wildman–Crippen MR) is 71.2 cm³/mol. The Bertz CT molecular complexity index is 570. The molecule has 0 spiro atoms. The van der Waals surface area contributed by atoms with Crippen LogP contribution in [0.2, 0.25) is 0 Å². The second kappa shape index (κ2) is 5.13. The third kappa shape index (κ3) is 2.48. The molecule has 0 radical (unpaired) electrons. The zero-order valence-corrected chi connectivity index (χ0v) is 10.5. The Labute approximate surface area is 106 Å². The smallest absolute Gasteiger partial charge is 0.162 e. The average Bonchev–Trinajstić information content (AvgIpc) is 2.41. The van der Waals surface area contributed by atoms with E-state index in [0.717, 1.165) is 16.7 Å². The van der Waals surface area contributed by atoms with Gasteiger partial charge in [-0.05, 0) is 35.7 Å². The molecule has 0 N–H and O–H groups in total. The van der Waals surface area contributed by atoms with Crippen molar-refractivity contribution in [3.8, 4) is 11.1 Å². The molecule has 92 valence electrons. The number of halogens is 1. The van der Waals surface area contributed by atoms with Gasteiger partial charge in [0.1, 0.15) is 5.82 Å². The first-order chi connectivity index (χ1) is 8.61.